The Hall–Kier alpha value is -3.13. The van der Waals surface area contributed by atoms with E-state index in [0.717, 1.165) is 0 Å². The zero-order valence-corrected chi connectivity index (χ0v) is 13.5. The Morgan fingerprint density at radius 1 is 1.21 bits per heavy atom. The summed E-state index contributed by atoms with van der Waals surface area (Å²) < 4.78 is 4.46. The van der Waals surface area contributed by atoms with E-state index < -0.39 is 6.09 Å². The van der Waals surface area contributed by atoms with Gasteiger partial charge in [-0.15, -0.1) is 0 Å². The molecule has 0 spiro atoms. The molecule has 8 heteroatoms. The number of nitrogens with zero attached hydrogens (tertiary/aromatic N) is 1. The lowest BCUT2D eigenvalue weighted by Crippen LogP contribution is -2.33. The lowest BCUT2D eigenvalue weighted by atomic mass is 10.2. The second-order valence-electron chi connectivity index (χ2n) is 4.59. The van der Waals surface area contributed by atoms with Crippen LogP contribution in [-0.2, 0) is 4.74 Å². The first-order chi connectivity index (χ1) is 11.5. The standard InChI is InChI=1S/C16H15N3O4S/c1-23-16(22)19-15(24)18-12-5-3-2-4-11(12)17-9-10-6-7-13(20)14(21)8-10/h2-9,20-21H,1H3,(H2,18,19,22,24)/b17-9+. The number of alkyl carbamates (subject to hydrolysis) is 1. The van der Waals surface area contributed by atoms with Gasteiger partial charge in [0.05, 0.1) is 18.5 Å². The van der Waals surface area contributed by atoms with Crippen molar-refractivity contribution in [1.82, 2.24) is 5.32 Å². The summed E-state index contributed by atoms with van der Waals surface area (Å²) in [6.07, 6.45) is 0.851. The molecule has 0 bridgehead atoms. The third-order valence-electron chi connectivity index (χ3n) is 2.91. The number of thiocarbonyl (C=S) groups is 1. The molecule has 0 fully saturated rings. The van der Waals surface area contributed by atoms with Crippen LogP contribution in [-0.4, -0.2) is 34.7 Å². The monoisotopic (exact) mass is 345 g/mol. The van der Waals surface area contributed by atoms with E-state index in [1.54, 1.807) is 30.3 Å². The number of hydrogen-bond acceptors (Lipinski definition) is 6. The number of aliphatic imine (C=N–C) groups is 1. The molecule has 2 aromatic carbocycles. The minimum absolute atomic E-state index is 0.0757. The molecule has 1 amide bonds. The summed E-state index contributed by atoms with van der Waals surface area (Å²) >= 11 is 5.01. The summed E-state index contributed by atoms with van der Waals surface area (Å²) in [4.78, 5) is 15.4. The number of phenols is 2. The molecule has 2 rings (SSSR count). The first-order valence-electron chi connectivity index (χ1n) is 6.80. The van der Waals surface area contributed by atoms with E-state index in [0.29, 0.717) is 16.9 Å². The smallest absolute Gasteiger partial charge is 0.413 e. The van der Waals surface area contributed by atoms with Crippen molar-refractivity contribution >= 4 is 41.0 Å². The lowest BCUT2D eigenvalue weighted by Gasteiger charge is -2.10. The summed E-state index contributed by atoms with van der Waals surface area (Å²) in [5, 5.41) is 24.0. The molecule has 0 radical (unpaired) electrons. The second-order valence-corrected chi connectivity index (χ2v) is 5.00. The Bertz CT molecular complexity index is 793. The fraction of sp³-hybridized carbons (Fsp3) is 0.0625. The number of para-hydroxylation sites is 2. The minimum Gasteiger partial charge on any atom is -0.504 e. The molecule has 0 aliphatic carbocycles. The molecular formula is C16H15N3O4S. The van der Waals surface area contributed by atoms with E-state index in [1.807, 2.05) is 0 Å². The van der Waals surface area contributed by atoms with Crippen LogP contribution in [0.3, 0.4) is 0 Å². The fourth-order valence-electron chi connectivity index (χ4n) is 1.75. The number of carbonyl (C=O) groups is 1. The third kappa shape index (κ3) is 4.68. The van der Waals surface area contributed by atoms with E-state index in [1.165, 1.54) is 25.5 Å². The molecule has 0 aliphatic heterocycles. The number of hydrogen-bond donors (Lipinski definition) is 4. The van der Waals surface area contributed by atoms with Crippen molar-refractivity contribution in [3.8, 4) is 11.5 Å². The van der Waals surface area contributed by atoms with Gasteiger partial charge >= 0.3 is 6.09 Å². The highest BCUT2D eigenvalue weighted by Gasteiger charge is 2.06. The van der Waals surface area contributed by atoms with Gasteiger partial charge in [0.25, 0.3) is 0 Å². The SMILES string of the molecule is COC(=O)NC(=S)Nc1ccccc1/N=C/c1ccc(O)c(O)c1. The van der Waals surface area contributed by atoms with Gasteiger partial charge in [-0.1, -0.05) is 12.1 Å². The highest BCUT2D eigenvalue weighted by molar-refractivity contribution is 7.80. The molecule has 124 valence electrons. The number of phenolic OH excluding ortho intramolecular Hbond substituents is 2. The molecule has 0 heterocycles. The number of carbonyl (C=O) groups excluding carboxylic acids is 1. The molecule has 0 atom stereocenters. The molecule has 7 nitrogen and oxygen atoms in total. The average Bonchev–Trinajstić information content (AvgIpc) is 2.57. The van der Waals surface area contributed by atoms with E-state index in [-0.39, 0.29) is 16.6 Å². The fourth-order valence-corrected chi connectivity index (χ4v) is 1.95. The van der Waals surface area contributed by atoms with Crippen LogP contribution in [0.1, 0.15) is 5.56 Å². The number of nitrogens with one attached hydrogen (secondary N) is 2. The summed E-state index contributed by atoms with van der Waals surface area (Å²) in [5.41, 5.74) is 1.76. The highest BCUT2D eigenvalue weighted by atomic mass is 32.1. The van der Waals surface area contributed by atoms with E-state index in [4.69, 9.17) is 12.2 Å². The largest absolute Gasteiger partial charge is 0.504 e. The highest BCUT2D eigenvalue weighted by Crippen LogP contribution is 2.26. The van der Waals surface area contributed by atoms with Gasteiger partial charge in [-0.3, -0.25) is 10.3 Å². The van der Waals surface area contributed by atoms with Gasteiger partial charge in [-0.2, -0.15) is 0 Å². The van der Waals surface area contributed by atoms with Crippen LogP contribution in [0.4, 0.5) is 16.2 Å². The summed E-state index contributed by atoms with van der Waals surface area (Å²) in [7, 11) is 1.24. The van der Waals surface area contributed by atoms with Crippen LogP contribution in [0.5, 0.6) is 11.5 Å². The van der Waals surface area contributed by atoms with Gasteiger partial charge in [-0.05, 0) is 48.1 Å². The predicted octanol–water partition coefficient (Wildman–Crippen LogP) is 2.90. The lowest BCUT2D eigenvalue weighted by molar-refractivity contribution is 0.177. The Morgan fingerprint density at radius 3 is 2.67 bits per heavy atom. The third-order valence-corrected chi connectivity index (χ3v) is 3.11. The molecular weight excluding hydrogens is 330 g/mol. The Morgan fingerprint density at radius 2 is 1.96 bits per heavy atom. The first kappa shape index (κ1) is 17.2. The average molecular weight is 345 g/mol. The Kier molecular flexibility index (Phi) is 5.69. The van der Waals surface area contributed by atoms with Crippen molar-refractivity contribution in [1.29, 1.82) is 0 Å². The van der Waals surface area contributed by atoms with Crippen LogP contribution in [0, 0.1) is 0 Å². The van der Waals surface area contributed by atoms with Gasteiger partial charge in [0, 0.05) is 6.21 Å². The van der Waals surface area contributed by atoms with Crippen LogP contribution in [0.2, 0.25) is 0 Å². The van der Waals surface area contributed by atoms with Crippen molar-refractivity contribution in [3.05, 3.63) is 48.0 Å². The maximum absolute atomic E-state index is 11.1. The molecule has 2 aromatic rings. The molecule has 0 saturated carbocycles. The van der Waals surface area contributed by atoms with E-state index >= 15 is 0 Å². The summed E-state index contributed by atoms with van der Waals surface area (Å²) in [6.45, 7) is 0. The quantitative estimate of drug-likeness (QED) is 0.387. The topological polar surface area (TPSA) is 103 Å². The van der Waals surface area contributed by atoms with Gasteiger partial charge in [-0.25, -0.2) is 4.79 Å². The molecule has 0 aliphatic rings. The summed E-state index contributed by atoms with van der Waals surface area (Å²) in [6, 6.07) is 11.4. The second kappa shape index (κ2) is 7.93. The Balaban J connectivity index is 2.16. The number of benzene rings is 2. The van der Waals surface area contributed by atoms with E-state index in [9.17, 15) is 15.0 Å². The first-order valence-corrected chi connectivity index (χ1v) is 7.21. The van der Waals surface area contributed by atoms with Gasteiger partial charge in [0.2, 0.25) is 0 Å². The number of anilines is 1. The van der Waals surface area contributed by atoms with Crippen molar-refractivity contribution in [3.63, 3.8) is 0 Å². The maximum Gasteiger partial charge on any atom is 0.413 e. The van der Waals surface area contributed by atoms with Crippen molar-refractivity contribution in [2.45, 2.75) is 0 Å². The number of ether oxygens (including phenoxy) is 1. The number of amides is 1. The predicted molar refractivity (Wildman–Crippen MR) is 95.2 cm³/mol. The van der Waals surface area contributed by atoms with Crippen LogP contribution >= 0.6 is 12.2 Å². The van der Waals surface area contributed by atoms with Crippen LogP contribution < -0.4 is 10.6 Å². The van der Waals surface area contributed by atoms with Crippen molar-refractivity contribution in [2.24, 2.45) is 4.99 Å². The van der Waals surface area contributed by atoms with Gasteiger partial charge < -0.3 is 20.3 Å². The number of aromatic hydroxyl groups is 2. The Labute approximate surface area is 143 Å². The number of rotatable bonds is 3. The zero-order valence-electron chi connectivity index (χ0n) is 12.7. The van der Waals surface area contributed by atoms with Gasteiger partial charge in [0.1, 0.15) is 0 Å². The van der Waals surface area contributed by atoms with E-state index in [2.05, 4.69) is 20.4 Å². The molecule has 0 saturated heterocycles. The molecule has 0 unspecified atom stereocenters. The zero-order chi connectivity index (χ0) is 17.5. The van der Waals surface area contributed by atoms with Crippen molar-refractivity contribution < 1.29 is 19.7 Å². The van der Waals surface area contributed by atoms with Crippen LogP contribution in [0.15, 0.2) is 47.5 Å². The summed E-state index contributed by atoms with van der Waals surface area (Å²) in [5.74, 6) is -0.428. The minimum atomic E-state index is -0.673. The molecule has 0 aromatic heterocycles. The van der Waals surface area contributed by atoms with Gasteiger partial charge in [0.15, 0.2) is 16.6 Å². The maximum atomic E-state index is 11.1. The van der Waals surface area contributed by atoms with Crippen molar-refractivity contribution in [2.75, 3.05) is 12.4 Å². The normalized spacial score (nSPS) is 10.4. The molecule has 24 heavy (non-hydrogen) atoms. The van der Waals surface area contributed by atoms with Crippen LogP contribution in [0.25, 0.3) is 0 Å². The molecule has 4 N–H and O–H groups in total. The number of methoxy groups -OCH3 is 1.